The van der Waals surface area contributed by atoms with E-state index in [1.54, 1.807) is 19.1 Å². The fraction of sp³-hybridized carbons (Fsp3) is 0.222. The molecule has 0 aliphatic heterocycles. The maximum atomic E-state index is 12.2. The van der Waals surface area contributed by atoms with Gasteiger partial charge in [0.1, 0.15) is 6.61 Å². The second kappa shape index (κ2) is 8.58. The van der Waals surface area contributed by atoms with Crippen LogP contribution in [0.4, 0.5) is 5.69 Å². The van der Waals surface area contributed by atoms with Crippen molar-refractivity contribution in [1.29, 1.82) is 0 Å². The van der Waals surface area contributed by atoms with Crippen LogP contribution in [0.2, 0.25) is 0 Å². The van der Waals surface area contributed by atoms with Crippen molar-refractivity contribution in [3.63, 3.8) is 0 Å². The molecule has 0 bridgehead atoms. The van der Waals surface area contributed by atoms with Gasteiger partial charge in [-0.05, 0) is 24.6 Å². The fourth-order valence-corrected chi connectivity index (χ4v) is 1.97. The predicted octanol–water partition coefficient (Wildman–Crippen LogP) is 3.12. The number of nitrogens with zero attached hydrogens (tertiary/aromatic N) is 1. The van der Waals surface area contributed by atoms with Crippen molar-refractivity contribution >= 4 is 17.4 Å². The zero-order chi connectivity index (χ0) is 18.2. The average molecular weight is 344 g/mol. The summed E-state index contributed by atoms with van der Waals surface area (Å²) in [5, 5.41) is 0. The molecule has 0 aliphatic carbocycles. The van der Waals surface area contributed by atoms with Gasteiger partial charge in [-0.3, -0.25) is 4.79 Å². The monoisotopic (exact) mass is 344 g/mol. The molecular formula is C18H18NO6+. The van der Waals surface area contributed by atoms with Gasteiger partial charge in [0.05, 0.1) is 4.91 Å². The van der Waals surface area contributed by atoms with Crippen LogP contribution in [0, 0.1) is 4.91 Å². The molecule has 2 aromatic carbocycles. The normalized spacial score (nSPS) is 10.0. The average Bonchev–Trinajstić information content (AvgIpc) is 2.61. The van der Waals surface area contributed by atoms with Crippen molar-refractivity contribution in [2.45, 2.75) is 20.5 Å². The predicted molar refractivity (Wildman–Crippen MR) is 88.4 cm³/mol. The lowest BCUT2D eigenvalue weighted by molar-refractivity contribution is -0.744. The van der Waals surface area contributed by atoms with E-state index in [4.69, 9.17) is 14.3 Å². The molecular weight excluding hydrogens is 326 g/mol. The van der Waals surface area contributed by atoms with Crippen LogP contribution in [0.15, 0.2) is 48.5 Å². The quantitative estimate of drug-likeness (QED) is 0.317. The lowest BCUT2D eigenvalue weighted by atomic mass is 10.2. The lowest BCUT2D eigenvalue weighted by Gasteiger charge is -2.09. The van der Waals surface area contributed by atoms with E-state index in [1.807, 2.05) is 30.3 Å². The molecule has 0 N–H and O–H groups in total. The number of Topliss-reactive ketones (excluding diaryl/α,β-unsaturated/α-hetero) is 1. The minimum absolute atomic E-state index is 0.108. The molecule has 0 saturated heterocycles. The molecule has 0 radical (unpaired) electrons. The first kappa shape index (κ1) is 18.1. The first-order chi connectivity index (χ1) is 12.0. The SMILES string of the molecule is CCO[N+](=O)c1c(OCc2ccccc2)cccc1OC(=O)C(C)=O. The van der Waals surface area contributed by atoms with Crippen LogP contribution < -0.4 is 9.47 Å². The first-order valence-electron chi connectivity index (χ1n) is 7.65. The Morgan fingerprint density at radius 3 is 2.32 bits per heavy atom. The molecule has 0 saturated carbocycles. The Hall–Kier alpha value is -3.22. The van der Waals surface area contributed by atoms with Crippen molar-refractivity contribution in [3.8, 4) is 11.5 Å². The minimum atomic E-state index is -1.08. The number of carbonyl (C=O) groups is 2. The molecule has 0 atom stereocenters. The number of ketones is 1. The smallest absolute Gasteiger partial charge is 0.400 e. The van der Waals surface area contributed by atoms with Gasteiger partial charge in [-0.2, -0.15) is 0 Å². The van der Waals surface area contributed by atoms with Crippen LogP contribution in [-0.4, -0.2) is 23.3 Å². The van der Waals surface area contributed by atoms with Gasteiger partial charge in [0, 0.05) is 6.92 Å². The third kappa shape index (κ3) is 4.87. The maximum absolute atomic E-state index is 12.2. The van der Waals surface area contributed by atoms with Crippen LogP contribution in [0.1, 0.15) is 19.4 Å². The molecule has 2 rings (SSSR count). The summed E-state index contributed by atoms with van der Waals surface area (Å²) >= 11 is 0. The molecule has 0 aliphatic rings. The third-order valence-corrected chi connectivity index (χ3v) is 3.12. The summed E-state index contributed by atoms with van der Waals surface area (Å²) in [7, 11) is 0. The second-order valence-electron chi connectivity index (χ2n) is 5.00. The molecule has 7 heteroatoms. The molecule has 0 spiro atoms. The zero-order valence-corrected chi connectivity index (χ0v) is 13.9. The molecule has 0 unspecified atom stereocenters. The highest BCUT2D eigenvalue weighted by Crippen LogP contribution is 2.37. The van der Waals surface area contributed by atoms with Gasteiger partial charge in [-0.1, -0.05) is 36.4 Å². The lowest BCUT2D eigenvalue weighted by Crippen LogP contribution is -2.18. The summed E-state index contributed by atoms with van der Waals surface area (Å²) in [5.74, 6) is -1.81. The summed E-state index contributed by atoms with van der Waals surface area (Å²) in [6, 6.07) is 13.8. The van der Waals surface area contributed by atoms with Crippen LogP contribution in [0.5, 0.6) is 11.5 Å². The maximum Gasteiger partial charge on any atom is 0.400 e. The van der Waals surface area contributed by atoms with Crippen molar-refractivity contribution in [1.82, 2.24) is 0 Å². The first-order valence-corrected chi connectivity index (χ1v) is 7.65. The Bertz CT molecular complexity index is 772. The molecule has 130 valence electrons. The number of hydrogen-bond acceptors (Lipinski definition) is 6. The van der Waals surface area contributed by atoms with Crippen molar-refractivity contribution in [3.05, 3.63) is 59.0 Å². The van der Waals surface area contributed by atoms with Gasteiger partial charge in [0.15, 0.2) is 6.61 Å². The van der Waals surface area contributed by atoms with Crippen molar-refractivity contribution in [2.24, 2.45) is 0 Å². The van der Waals surface area contributed by atoms with E-state index >= 15 is 0 Å². The number of ether oxygens (including phenoxy) is 2. The van der Waals surface area contributed by atoms with Gasteiger partial charge in [-0.15, -0.1) is 0 Å². The van der Waals surface area contributed by atoms with Crippen molar-refractivity contribution < 1.29 is 28.8 Å². The molecule has 7 nitrogen and oxygen atoms in total. The zero-order valence-electron chi connectivity index (χ0n) is 13.9. The summed E-state index contributed by atoms with van der Waals surface area (Å²) < 4.78 is 10.7. The standard InChI is InChI=1S/C18H18NO6/c1-3-24-19(22)17-15(23-12-14-8-5-4-6-9-14)10-7-11-16(17)25-18(21)13(2)20/h4-11H,3,12H2,1-2H3/q+1. The van der Waals surface area contributed by atoms with E-state index in [1.165, 1.54) is 6.07 Å². The van der Waals surface area contributed by atoms with Crippen LogP contribution in [-0.2, 0) is 21.0 Å². The number of esters is 1. The van der Waals surface area contributed by atoms with E-state index < -0.39 is 11.8 Å². The summed E-state index contributed by atoms with van der Waals surface area (Å²) in [4.78, 5) is 40.0. The van der Waals surface area contributed by atoms with Crippen LogP contribution >= 0.6 is 0 Å². The van der Waals surface area contributed by atoms with Gasteiger partial charge < -0.3 is 9.47 Å². The van der Waals surface area contributed by atoms with E-state index in [9.17, 15) is 14.5 Å². The Balaban J connectivity index is 2.32. The molecule has 0 fully saturated rings. The Labute approximate surface area is 144 Å². The van der Waals surface area contributed by atoms with Gasteiger partial charge >= 0.3 is 11.7 Å². The number of para-hydroxylation sites is 1. The van der Waals surface area contributed by atoms with Gasteiger partial charge in [0.2, 0.25) is 17.3 Å². The van der Waals surface area contributed by atoms with Crippen molar-refractivity contribution in [2.75, 3.05) is 6.61 Å². The topological polar surface area (TPSA) is 81.9 Å². The largest absolute Gasteiger partial charge is 0.482 e. The van der Waals surface area contributed by atoms with E-state index in [-0.39, 0.29) is 35.3 Å². The highest BCUT2D eigenvalue weighted by molar-refractivity contribution is 6.33. The highest BCUT2D eigenvalue weighted by Gasteiger charge is 2.31. The van der Waals surface area contributed by atoms with E-state index in [2.05, 4.69) is 0 Å². The second-order valence-corrected chi connectivity index (χ2v) is 5.00. The molecule has 0 heterocycles. The summed E-state index contributed by atoms with van der Waals surface area (Å²) in [6.07, 6.45) is 0. The van der Waals surface area contributed by atoms with Crippen LogP contribution in [0.25, 0.3) is 0 Å². The molecule has 0 amide bonds. The molecule has 0 aromatic heterocycles. The Morgan fingerprint density at radius 2 is 1.68 bits per heavy atom. The van der Waals surface area contributed by atoms with E-state index in [0.29, 0.717) is 0 Å². The highest BCUT2D eigenvalue weighted by atomic mass is 16.8. The molecule has 2 aromatic rings. The number of rotatable bonds is 8. The van der Waals surface area contributed by atoms with Gasteiger partial charge in [0.25, 0.3) is 4.92 Å². The summed E-state index contributed by atoms with van der Waals surface area (Å²) in [5.41, 5.74) is 0.781. The third-order valence-electron chi connectivity index (χ3n) is 3.12. The minimum Gasteiger partial charge on any atom is -0.482 e. The summed E-state index contributed by atoms with van der Waals surface area (Å²) in [6.45, 7) is 3.03. The number of carbonyl (C=O) groups excluding carboxylic acids is 2. The number of benzene rings is 2. The fourth-order valence-electron chi connectivity index (χ4n) is 1.97. The van der Waals surface area contributed by atoms with E-state index in [0.717, 1.165) is 12.5 Å². The Morgan fingerprint density at radius 1 is 1.00 bits per heavy atom. The molecule has 25 heavy (non-hydrogen) atoms. The number of hydrogen-bond donors (Lipinski definition) is 0. The van der Waals surface area contributed by atoms with Gasteiger partial charge in [-0.25, -0.2) is 9.63 Å². The van der Waals surface area contributed by atoms with Crippen LogP contribution in [0.3, 0.4) is 0 Å². The Kier molecular flexibility index (Phi) is 6.22.